The van der Waals surface area contributed by atoms with E-state index in [-0.39, 0.29) is 5.56 Å². The predicted octanol–water partition coefficient (Wildman–Crippen LogP) is 3.84. The zero-order valence-corrected chi connectivity index (χ0v) is 11.7. The van der Waals surface area contributed by atoms with E-state index in [4.69, 9.17) is 0 Å². The predicted molar refractivity (Wildman–Crippen MR) is 76.0 cm³/mol. The van der Waals surface area contributed by atoms with Crippen molar-refractivity contribution in [3.63, 3.8) is 0 Å². The molecule has 0 fully saturated rings. The van der Waals surface area contributed by atoms with Gasteiger partial charge in [-0.05, 0) is 24.6 Å². The van der Waals surface area contributed by atoms with E-state index in [1.807, 2.05) is 0 Å². The molecule has 22 heavy (non-hydrogen) atoms. The lowest BCUT2D eigenvalue weighted by Gasteiger charge is -2.16. The van der Waals surface area contributed by atoms with Gasteiger partial charge in [0, 0.05) is 0 Å². The number of hydrogen-bond donors (Lipinski definition) is 1. The standard InChI is InChI=1S/C17H13F3O2/c1-16(21,14-8-3-2-4-9-14)12-11-13-7-5-6-10-15(13)22-17(18,19)20/h2-10,21H,1H3. The largest absolute Gasteiger partial charge is 0.573 e. The van der Waals surface area contributed by atoms with Gasteiger partial charge in [-0.25, -0.2) is 0 Å². The van der Waals surface area contributed by atoms with Gasteiger partial charge in [-0.2, -0.15) is 0 Å². The number of ether oxygens (including phenoxy) is 1. The molecular weight excluding hydrogens is 293 g/mol. The monoisotopic (exact) mass is 306 g/mol. The van der Waals surface area contributed by atoms with Gasteiger partial charge in [-0.1, -0.05) is 54.3 Å². The van der Waals surface area contributed by atoms with Crippen LogP contribution >= 0.6 is 0 Å². The molecule has 2 rings (SSSR count). The number of rotatable bonds is 2. The first-order valence-corrected chi connectivity index (χ1v) is 6.44. The Labute approximate surface area is 126 Å². The van der Waals surface area contributed by atoms with Crippen LogP contribution in [0.25, 0.3) is 0 Å². The molecule has 0 amide bonds. The Balaban J connectivity index is 2.32. The third kappa shape index (κ3) is 4.27. The molecule has 0 saturated heterocycles. The SMILES string of the molecule is CC(O)(C#Cc1ccccc1OC(F)(F)F)c1ccccc1. The summed E-state index contributed by atoms with van der Waals surface area (Å²) in [6.45, 7) is 1.47. The smallest absolute Gasteiger partial charge is 0.404 e. The summed E-state index contributed by atoms with van der Waals surface area (Å²) in [5, 5.41) is 10.3. The van der Waals surface area contributed by atoms with E-state index in [0.717, 1.165) is 0 Å². The molecule has 2 aromatic carbocycles. The van der Waals surface area contributed by atoms with Crippen molar-refractivity contribution in [1.29, 1.82) is 0 Å². The van der Waals surface area contributed by atoms with Crippen LogP contribution in [-0.4, -0.2) is 11.5 Å². The topological polar surface area (TPSA) is 29.5 Å². The van der Waals surface area contributed by atoms with E-state index in [9.17, 15) is 18.3 Å². The van der Waals surface area contributed by atoms with Gasteiger partial charge in [0.05, 0.1) is 5.56 Å². The number of alkyl halides is 3. The van der Waals surface area contributed by atoms with Crippen molar-refractivity contribution in [1.82, 2.24) is 0 Å². The zero-order valence-electron chi connectivity index (χ0n) is 11.7. The Bertz CT molecular complexity index is 695. The third-order valence-corrected chi connectivity index (χ3v) is 2.89. The van der Waals surface area contributed by atoms with E-state index in [1.54, 1.807) is 36.4 Å². The molecule has 1 unspecified atom stereocenters. The summed E-state index contributed by atoms with van der Waals surface area (Å²) >= 11 is 0. The number of benzene rings is 2. The lowest BCUT2D eigenvalue weighted by molar-refractivity contribution is -0.274. The van der Waals surface area contributed by atoms with Gasteiger partial charge in [0.2, 0.25) is 0 Å². The van der Waals surface area contributed by atoms with Gasteiger partial charge in [0.25, 0.3) is 0 Å². The molecule has 0 saturated carbocycles. The molecule has 2 aromatic rings. The minimum absolute atomic E-state index is 0.0519. The van der Waals surface area contributed by atoms with Gasteiger partial charge in [-0.3, -0.25) is 0 Å². The molecule has 0 radical (unpaired) electrons. The minimum atomic E-state index is -4.79. The molecule has 0 heterocycles. The summed E-state index contributed by atoms with van der Waals surface area (Å²) in [6.07, 6.45) is -4.79. The molecule has 114 valence electrons. The van der Waals surface area contributed by atoms with Crippen LogP contribution in [0.2, 0.25) is 0 Å². The first kappa shape index (κ1) is 15.9. The number of hydrogen-bond acceptors (Lipinski definition) is 2. The van der Waals surface area contributed by atoms with Crippen LogP contribution in [0.5, 0.6) is 5.75 Å². The summed E-state index contributed by atoms with van der Waals surface area (Å²) in [5.74, 6) is 4.73. The molecule has 0 aliphatic rings. The third-order valence-electron chi connectivity index (χ3n) is 2.89. The first-order chi connectivity index (χ1) is 10.3. The highest BCUT2D eigenvalue weighted by Crippen LogP contribution is 2.26. The Morgan fingerprint density at radius 1 is 0.955 bits per heavy atom. The van der Waals surface area contributed by atoms with Crippen LogP contribution in [0, 0.1) is 11.8 Å². The summed E-state index contributed by atoms with van der Waals surface area (Å²) in [6, 6.07) is 14.2. The molecule has 0 aromatic heterocycles. The molecular formula is C17H13F3O2. The van der Waals surface area contributed by atoms with Gasteiger partial charge >= 0.3 is 6.36 Å². The summed E-state index contributed by atoms with van der Waals surface area (Å²) in [5.41, 5.74) is -0.875. The second-order valence-electron chi connectivity index (χ2n) is 4.73. The fourth-order valence-electron chi connectivity index (χ4n) is 1.81. The highest BCUT2D eigenvalue weighted by Gasteiger charge is 2.32. The number of para-hydroxylation sites is 1. The van der Waals surface area contributed by atoms with E-state index in [1.165, 1.54) is 25.1 Å². The van der Waals surface area contributed by atoms with E-state index < -0.39 is 17.7 Å². The average molecular weight is 306 g/mol. The lowest BCUT2D eigenvalue weighted by atomic mass is 9.96. The van der Waals surface area contributed by atoms with Crippen LogP contribution in [-0.2, 0) is 5.60 Å². The van der Waals surface area contributed by atoms with Crippen molar-refractivity contribution in [2.24, 2.45) is 0 Å². The van der Waals surface area contributed by atoms with Crippen molar-refractivity contribution in [3.8, 4) is 17.6 Å². The lowest BCUT2D eigenvalue weighted by Crippen LogP contribution is -2.19. The fraction of sp³-hybridized carbons (Fsp3) is 0.176. The van der Waals surface area contributed by atoms with Crippen molar-refractivity contribution >= 4 is 0 Å². The Morgan fingerprint density at radius 3 is 2.18 bits per heavy atom. The number of aliphatic hydroxyl groups is 1. The van der Waals surface area contributed by atoms with Crippen molar-refractivity contribution in [3.05, 3.63) is 65.7 Å². The summed E-state index contributed by atoms with van der Waals surface area (Å²) in [7, 11) is 0. The van der Waals surface area contributed by atoms with Gasteiger partial charge in [-0.15, -0.1) is 13.2 Å². The molecule has 2 nitrogen and oxygen atoms in total. The van der Waals surface area contributed by atoms with E-state index in [0.29, 0.717) is 5.56 Å². The molecule has 0 aliphatic heterocycles. The maximum atomic E-state index is 12.3. The van der Waals surface area contributed by atoms with Crippen molar-refractivity contribution < 1.29 is 23.0 Å². The highest BCUT2D eigenvalue weighted by atomic mass is 19.4. The number of halogens is 3. The quantitative estimate of drug-likeness (QED) is 0.854. The molecule has 1 atom stereocenters. The Morgan fingerprint density at radius 2 is 1.55 bits per heavy atom. The Kier molecular flexibility index (Phi) is 4.43. The fourth-order valence-corrected chi connectivity index (χ4v) is 1.81. The molecule has 0 aliphatic carbocycles. The second-order valence-corrected chi connectivity index (χ2v) is 4.73. The van der Waals surface area contributed by atoms with Crippen LogP contribution < -0.4 is 4.74 Å². The zero-order chi connectivity index (χ0) is 16.2. The van der Waals surface area contributed by atoms with E-state index >= 15 is 0 Å². The molecule has 0 bridgehead atoms. The van der Waals surface area contributed by atoms with Crippen LogP contribution in [0.1, 0.15) is 18.1 Å². The van der Waals surface area contributed by atoms with Gasteiger partial charge in [0.1, 0.15) is 11.4 Å². The van der Waals surface area contributed by atoms with Crippen molar-refractivity contribution in [2.45, 2.75) is 18.9 Å². The summed E-state index contributed by atoms with van der Waals surface area (Å²) in [4.78, 5) is 0. The van der Waals surface area contributed by atoms with E-state index in [2.05, 4.69) is 16.6 Å². The van der Waals surface area contributed by atoms with Crippen LogP contribution in [0.3, 0.4) is 0 Å². The second kappa shape index (κ2) is 6.12. The molecule has 1 N–H and O–H groups in total. The Hall–Kier alpha value is -2.45. The average Bonchev–Trinajstić information content (AvgIpc) is 2.46. The van der Waals surface area contributed by atoms with Crippen LogP contribution in [0.15, 0.2) is 54.6 Å². The molecule has 0 spiro atoms. The van der Waals surface area contributed by atoms with Crippen LogP contribution in [0.4, 0.5) is 13.2 Å². The highest BCUT2D eigenvalue weighted by molar-refractivity contribution is 5.47. The van der Waals surface area contributed by atoms with Crippen molar-refractivity contribution in [2.75, 3.05) is 0 Å². The maximum absolute atomic E-state index is 12.3. The minimum Gasteiger partial charge on any atom is -0.404 e. The summed E-state index contributed by atoms with van der Waals surface area (Å²) < 4.78 is 40.9. The normalized spacial score (nSPS) is 13.7. The van der Waals surface area contributed by atoms with Gasteiger partial charge < -0.3 is 9.84 Å². The van der Waals surface area contributed by atoms with Gasteiger partial charge in [0.15, 0.2) is 0 Å². The first-order valence-electron chi connectivity index (χ1n) is 6.44. The maximum Gasteiger partial charge on any atom is 0.573 e. The molecule has 5 heteroatoms.